The van der Waals surface area contributed by atoms with E-state index in [1.807, 2.05) is 6.92 Å². The number of ether oxygens (including phenoxy) is 1. The van der Waals surface area contributed by atoms with Gasteiger partial charge >= 0.3 is 6.18 Å². The van der Waals surface area contributed by atoms with Crippen LogP contribution in [0.2, 0.25) is 0 Å². The van der Waals surface area contributed by atoms with E-state index in [0.29, 0.717) is 6.42 Å². The van der Waals surface area contributed by atoms with Crippen molar-refractivity contribution in [3.05, 3.63) is 0 Å². The van der Waals surface area contributed by atoms with E-state index in [2.05, 4.69) is 0 Å². The van der Waals surface area contributed by atoms with E-state index in [0.717, 1.165) is 12.8 Å². The van der Waals surface area contributed by atoms with Crippen molar-refractivity contribution in [3.8, 4) is 0 Å². The van der Waals surface area contributed by atoms with Crippen molar-refractivity contribution in [2.75, 3.05) is 6.61 Å². The molecule has 0 aliphatic rings. The van der Waals surface area contributed by atoms with Crippen LogP contribution in [0.1, 0.15) is 40.0 Å². The smallest absolute Gasteiger partial charge is 0.366 e. The van der Waals surface area contributed by atoms with Gasteiger partial charge in [-0.1, -0.05) is 19.8 Å². The summed E-state index contributed by atoms with van der Waals surface area (Å²) in [5.41, 5.74) is -0.661. The molecule has 0 unspecified atom stereocenters. The maximum absolute atomic E-state index is 11.8. The highest BCUT2D eigenvalue weighted by molar-refractivity contribution is 4.68. The lowest BCUT2D eigenvalue weighted by molar-refractivity contribution is -0.200. The van der Waals surface area contributed by atoms with E-state index in [4.69, 9.17) is 4.74 Å². The van der Waals surface area contributed by atoms with Gasteiger partial charge in [-0.25, -0.2) is 0 Å². The van der Waals surface area contributed by atoms with Crippen LogP contribution in [0.15, 0.2) is 0 Å². The molecule has 0 amide bonds. The van der Waals surface area contributed by atoms with Gasteiger partial charge < -0.3 is 4.74 Å². The van der Waals surface area contributed by atoms with E-state index in [1.165, 1.54) is 0 Å². The monoisotopic (exact) mass is 198 g/mol. The summed E-state index contributed by atoms with van der Waals surface area (Å²) in [5.74, 6) is 0. The normalized spacial score (nSPS) is 13.4. The lowest BCUT2D eigenvalue weighted by Gasteiger charge is -2.25. The molecule has 0 atom stereocenters. The Hall–Kier alpha value is -0.250. The molecule has 0 rings (SSSR count). The summed E-state index contributed by atoms with van der Waals surface area (Å²) in [6.07, 6.45) is -1.69. The lowest BCUT2D eigenvalue weighted by atomic mass is 10.0. The summed E-state index contributed by atoms with van der Waals surface area (Å²) in [6, 6.07) is 0. The van der Waals surface area contributed by atoms with E-state index in [-0.39, 0.29) is 0 Å². The highest BCUT2D eigenvalue weighted by atomic mass is 19.4. The molecular formula is C9H17F3O. The molecule has 13 heavy (non-hydrogen) atoms. The second-order valence-electron chi connectivity index (χ2n) is 3.77. The number of hydrogen-bond acceptors (Lipinski definition) is 1. The fraction of sp³-hybridized carbons (Fsp3) is 1.00. The van der Waals surface area contributed by atoms with Gasteiger partial charge in [-0.2, -0.15) is 13.2 Å². The Morgan fingerprint density at radius 2 is 1.69 bits per heavy atom. The summed E-state index contributed by atoms with van der Waals surface area (Å²) in [5, 5.41) is 0. The number of rotatable bonds is 5. The molecule has 80 valence electrons. The van der Waals surface area contributed by atoms with Crippen molar-refractivity contribution in [2.45, 2.75) is 51.8 Å². The van der Waals surface area contributed by atoms with Gasteiger partial charge in [0, 0.05) is 0 Å². The molecule has 0 aromatic rings. The molecule has 4 heteroatoms. The van der Waals surface area contributed by atoms with Crippen molar-refractivity contribution < 1.29 is 17.9 Å². The van der Waals surface area contributed by atoms with Crippen LogP contribution in [0, 0.1) is 0 Å². The van der Waals surface area contributed by atoms with Gasteiger partial charge in [0.15, 0.2) is 0 Å². The molecule has 0 N–H and O–H groups in total. The second kappa shape index (κ2) is 4.84. The molecule has 0 bridgehead atoms. The van der Waals surface area contributed by atoms with Crippen molar-refractivity contribution in [2.24, 2.45) is 0 Å². The third-order valence-corrected chi connectivity index (χ3v) is 1.76. The number of alkyl halides is 3. The van der Waals surface area contributed by atoms with Crippen LogP contribution in [0.5, 0.6) is 0 Å². The van der Waals surface area contributed by atoms with E-state index >= 15 is 0 Å². The summed E-state index contributed by atoms with van der Waals surface area (Å²) in [7, 11) is 0. The highest BCUT2D eigenvalue weighted by Gasteiger charge is 2.31. The molecule has 0 aromatic heterocycles. The Morgan fingerprint density at radius 3 is 2.08 bits per heavy atom. The Balaban J connectivity index is 3.75. The van der Waals surface area contributed by atoms with Crippen molar-refractivity contribution in [1.29, 1.82) is 0 Å². The molecule has 0 fully saturated rings. The predicted octanol–water partition coefficient (Wildman–Crippen LogP) is 3.53. The number of halogens is 3. The van der Waals surface area contributed by atoms with Crippen molar-refractivity contribution in [3.63, 3.8) is 0 Å². The second-order valence-corrected chi connectivity index (χ2v) is 3.77. The van der Waals surface area contributed by atoms with Crippen LogP contribution in [-0.4, -0.2) is 18.4 Å². The Labute approximate surface area is 77.3 Å². The minimum atomic E-state index is -4.22. The van der Waals surface area contributed by atoms with Gasteiger partial charge in [-0.05, 0) is 20.3 Å². The first kappa shape index (κ1) is 12.8. The summed E-state index contributed by atoms with van der Waals surface area (Å²) >= 11 is 0. The fourth-order valence-corrected chi connectivity index (χ4v) is 0.952. The number of hydrogen-bond donors (Lipinski definition) is 0. The maximum atomic E-state index is 11.8. The van der Waals surface area contributed by atoms with Gasteiger partial charge in [-0.3, -0.25) is 0 Å². The summed E-state index contributed by atoms with van der Waals surface area (Å²) in [4.78, 5) is 0. The van der Waals surface area contributed by atoms with Gasteiger partial charge in [-0.15, -0.1) is 0 Å². The standard InChI is InChI=1S/C9H17F3O/c1-4-5-6-8(2,3)13-7-9(10,11)12/h4-7H2,1-3H3. The molecule has 0 aliphatic heterocycles. The van der Waals surface area contributed by atoms with Crippen LogP contribution in [0.4, 0.5) is 13.2 Å². The Morgan fingerprint density at radius 1 is 1.15 bits per heavy atom. The number of unbranched alkanes of at least 4 members (excludes halogenated alkanes) is 1. The average molecular weight is 198 g/mol. The SMILES string of the molecule is CCCCC(C)(C)OCC(F)(F)F. The topological polar surface area (TPSA) is 9.23 Å². The zero-order valence-electron chi connectivity index (χ0n) is 8.37. The predicted molar refractivity (Wildman–Crippen MR) is 45.6 cm³/mol. The maximum Gasteiger partial charge on any atom is 0.411 e. The van der Waals surface area contributed by atoms with E-state index in [9.17, 15) is 13.2 Å². The van der Waals surface area contributed by atoms with Crippen molar-refractivity contribution in [1.82, 2.24) is 0 Å². The zero-order valence-corrected chi connectivity index (χ0v) is 8.37. The third kappa shape index (κ3) is 8.09. The largest absolute Gasteiger partial charge is 0.411 e. The van der Waals surface area contributed by atoms with Gasteiger partial charge in [0.2, 0.25) is 0 Å². The minimum Gasteiger partial charge on any atom is -0.366 e. The molecule has 0 saturated heterocycles. The summed E-state index contributed by atoms with van der Waals surface area (Å²) < 4.78 is 40.1. The van der Waals surface area contributed by atoms with Crippen LogP contribution in [0.25, 0.3) is 0 Å². The van der Waals surface area contributed by atoms with E-state index < -0.39 is 18.4 Å². The Kier molecular flexibility index (Phi) is 4.75. The van der Waals surface area contributed by atoms with E-state index in [1.54, 1.807) is 13.8 Å². The van der Waals surface area contributed by atoms with Crippen LogP contribution < -0.4 is 0 Å². The zero-order chi connectivity index (χ0) is 10.5. The average Bonchev–Trinajstić information content (AvgIpc) is 1.97. The Bertz CT molecular complexity index is 140. The molecule has 0 spiro atoms. The minimum absolute atomic E-state index is 0.661. The molecule has 0 saturated carbocycles. The van der Waals surface area contributed by atoms with Crippen LogP contribution in [0.3, 0.4) is 0 Å². The first-order chi connectivity index (χ1) is 5.77. The molecule has 1 nitrogen and oxygen atoms in total. The quantitative estimate of drug-likeness (QED) is 0.656. The first-order valence-corrected chi connectivity index (χ1v) is 4.47. The highest BCUT2D eigenvalue weighted by Crippen LogP contribution is 2.22. The van der Waals surface area contributed by atoms with Crippen LogP contribution >= 0.6 is 0 Å². The fourth-order valence-electron chi connectivity index (χ4n) is 0.952. The molecule has 0 aromatic carbocycles. The van der Waals surface area contributed by atoms with Gasteiger partial charge in [0.1, 0.15) is 6.61 Å². The molecule has 0 heterocycles. The van der Waals surface area contributed by atoms with Crippen LogP contribution in [-0.2, 0) is 4.74 Å². The van der Waals surface area contributed by atoms with Gasteiger partial charge in [0.25, 0.3) is 0 Å². The van der Waals surface area contributed by atoms with Gasteiger partial charge in [0.05, 0.1) is 5.60 Å². The van der Waals surface area contributed by atoms with Crippen molar-refractivity contribution >= 4 is 0 Å². The molecular weight excluding hydrogens is 181 g/mol. The first-order valence-electron chi connectivity index (χ1n) is 4.47. The lowest BCUT2D eigenvalue weighted by Crippen LogP contribution is -2.30. The molecule has 0 aliphatic carbocycles. The third-order valence-electron chi connectivity index (χ3n) is 1.76. The summed E-state index contributed by atoms with van der Waals surface area (Å²) in [6.45, 7) is 4.23. The molecule has 0 radical (unpaired) electrons.